The molecule has 1 saturated heterocycles. The van der Waals surface area contributed by atoms with Gasteiger partial charge in [-0.2, -0.15) is 4.98 Å². The Bertz CT molecular complexity index is 1510. The van der Waals surface area contributed by atoms with Crippen molar-refractivity contribution < 1.29 is 19.1 Å². The highest BCUT2D eigenvalue weighted by Crippen LogP contribution is 2.48. The number of rotatable bonds is 9. The number of nitrogens with one attached hydrogen (secondary N) is 1. The number of para-hydroxylation sites is 1. The maximum atomic E-state index is 14.4. The zero-order chi connectivity index (χ0) is 30.7. The molecule has 0 spiro atoms. The minimum atomic E-state index is -0.390. The fourth-order valence-corrected chi connectivity index (χ4v) is 5.83. The summed E-state index contributed by atoms with van der Waals surface area (Å²) in [4.78, 5) is 43.5. The minimum absolute atomic E-state index is 0.106. The maximum Gasteiger partial charge on any atom is 0.330 e. The number of hydrogen-bond acceptors (Lipinski definition) is 8. The predicted molar refractivity (Wildman–Crippen MR) is 168 cm³/mol. The molecule has 1 atom stereocenters. The lowest BCUT2D eigenvalue weighted by Crippen LogP contribution is -2.53. The van der Waals surface area contributed by atoms with Crippen LogP contribution in [-0.4, -0.2) is 85.7 Å². The van der Waals surface area contributed by atoms with E-state index >= 15 is 0 Å². The normalized spacial score (nSPS) is 16.7. The number of methoxy groups -OCH3 is 2. The molecule has 11 nitrogen and oxygen atoms in total. The molecule has 1 N–H and O–H groups in total. The standard InChI is InChI=1S/C30H33Cl2N7O4/c1-36(2)13-8-11-24(40)37-14-12-21(18-37)39-28-19(16-33-29(35-28)34-20-9-6-5-7-10-20)17-38(30(39)41)27-25(31)22(42-3)15-23(43-4)26(27)32/h5-11,15-16,21H,12-14,17-18H2,1-4H3,(H,33,34,35)/b11-8+/t21-/m0/s1. The predicted octanol–water partition coefficient (Wildman–Crippen LogP) is 5.21. The van der Waals surface area contributed by atoms with E-state index in [-0.39, 0.29) is 34.2 Å². The Morgan fingerprint density at radius 1 is 1.14 bits per heavy atom. The highest BCUT2D eigenvalue weighted by atomic mass is 35.5. The number of amides is 3. The number of ether oxygens (including phenoxy) is 2. The van der Waals surface area contributed by atoms with E-state index in [2.05, 4.69) is 10.3 Å². The van der Waals surface area contributed by atoms with Crippen molar-refractivity contribution in [3.63, 3.8) is 0 Å². The number of carbonyl (C=O) groups is 2. The van der Waals surface area contributed by atoms with Crippen molar-refractivity contribution in [2.75, 3.05) is 63.1 Å². The van der Waals surface area contributed by atoms with E-state index in [0.717, 1.165) is 5.69 Å². The summed E-state index contributed by atoms with van der Waals surface area (Å²) in [6.07, 6.45) is 5.64. The van der Waals surface area contributed by atoms with Crippen molar-refractivity contribution in [2.45, 2.75) is 19.0 Å². The van der Waals surface area contributed by atoms with Crippen LogP contribution in [0.3, 0.4) is 0 Å². The van der Waals surface area contributed by atoms with Crippen LogP contribution < -0.4 is 24.6 Å². The van der Waals surface area contributed by atoms with Gasteiger partial charge in [0.2, 0.25) is 11.9 Å². The number of halogens is 2. The van der Waals surface area contributed by atoms with Gasteiger partial charge in [0.15, 0.2) is 0 Å². The number of likely N-dealkylation sites (tertiary alicyclic amines) is 1. The fourth-order valence-electron chi connectivity index (χ4n) is 5.12. The van der Waals surface area contributed by atoms with E-state index in [1.807, 2.05) is 55.4 Å². The zero-order valence-corrected chi connectivity index (χ0v) is 25.9. The van der Waals surface area contributed by atoms with Gasteiger partial charge in [-0.05, 0) is 32.6 Å². The molecular weight excluding hydrogens is 593 g/mol. The number of fused-ring (bicyclic) bond motifs is 1. The van der Waals surface area contributed by atoms with E-state index in [4.69, 9.17) is 37.7 Å². The molecule has 2 aliphatic heterocycles. The molecular formula is C30H33Cl2N7O4. The Balaban J connectivity index is 1.54. The van der Waals surface area contributed by atoms with Crippen LogP contribution in [0.2, 0.25) is 10.0 Å². The molecule has 226 valence electrons. The Labute approximate surface area is 260 Å². The molecule has 13 heteroatoms. The number of carbonyl (C=O) groups excluding carboxylic acids is 2. The molecule has 1 aromatic heterocycles. The second-order valence-electron chi connectivity index (χ2n) is 10.4. The Morgan fingerprint density at radius 3 is 2.49 bits per heavy atom. The molecule has 0 aliphatic carbocycles. The third-order valence-corrected chi connectivity index (χ3v) is 7.99. The van der Waals surface area contributed by atoms with Crippen molar-refractivity contribution in [1.82, 2.24) is 19.8 Å². The lowest BCUT2D eigenvalue weighted by Gasteiger charge is -2.39. The summed E-state index contributed by atoms with van der Waals surface area (Å²) in [5.74, 6) is 1.31. The zero-order valence-electron chi connectivity index (χ0n) is 24.4. The Hall–Kier alpha value is -4.06. The summed E-state index contributed by atoms with van der Waals surface area (Å²) in [6, 6.07) is 10.4. The van der Waals surface area contributed by atoms with Crippen LogP contribution in [0.25, 0.3) is 0 Å². The van der Waals surface area contributed by atoms with Crippen LogP contribution in [0.1, 0.15) is 12.0 Å². The number of anilines is 4. The molecule has 2 aromatic carbocycles. The van der Waals surface area contributed by atoms with Crippen molar-refractivity contribution in [3.8, 4) is 11.5 Å². The van der Waals surface area contributed by atoms with Gasteiger partial charge >= 0.3 is 6.03 Å². The number of hydrogen-bond donors (Lipinski definition) is 1. The number of aromatic nitrogens is 2. The van der Waals surface area contributed by atoms with Crippen molar-refractivity contribution in [1.29, 1.82) is 0 Å². The summed E-state index contributed by atoms with van der Waals surface area (Å²) < 4.78 is 10.9. The first kappa shape index (κ1) is 30.4. The number of benzene rings is 2. The third kappa shape index (κ3) is 6.34. The van der Waals surface area contributed by atoms with Crippen LogP contribution >= 0.6 is 23.2 Å². The van der Waals surface area contributed by atoms with E-state index in [0.29, 0.717) is 54.9 Å². The summed E-state index contributed by atoms with van der Waals surface area (Å²) >= 11 is 13.5. The second kappa shape index (κ2) is 13.1. The van der Waals surface area contributed by atoms with E-state index < -0.39 is 6.03 Å². The maximum absolute atomic E-state index is 14.4. The molecule has 0 unspecified atom stereocenters. The minimum Gasteiger partial charge on any atom is -0.495 e. The van der Waals surface area contributed by atoms with Gasteiger partial charge in [-0.1, -0.05) is 47.5 Å². The summed E-state index contributed by atoms with van der Waals surface area (Å²) in [7, 11) is 6.82. The summed E-state index contributed by atoms with van der Waals surface area (Å²) in [5, 5.41) is 3.54. The Kier molecular flexibility index (Phi) is 9.24. The largest absolute Gasteiger partial charge is 0.495 e. The Morgan fingerprint density at radius 2 is 1.84 bits per heavy atom. The van der Waals surface area contributed by atoms with Gasteiger partial charge in [-0.15, -0.1) is 0 Å². The smallest absolute Gasteiger partial charge is 0.330 e. The average Bonchev–Trinajstić information content (AvgIpc) is 3.48. The van der Waals surface area contributed by atoms with Gasteiger partial charge in [-0.25, -0.2) is 9.78 Å². The highest BCUT2D eigenvalue weighted by molar-refractivity contribution is 6.42. The summed E-state index contributed by atoms with van der Waals surface area (Å²) in [6.45, 7) is 1.58. The molecule has 1 fully saturated rings. The molecule has 3 amide bonds. The lowest BCUT2D eigenvalue weighted by atomic mass is 10.1. The first-order valence-corrected chi connectivity index (χ1v) is 14.5. The second-order valence-corrected chi connectivity index (χ2v) is 11.2. The van der Waals surface area contributed by atoms with Crippen LogP contribution in [0.15, 0.2) is 54.7 Å². The highest BCUT2D eigenvalue weighted by Gasteiger charge is 2.42. The van der Waals surface area contributed by atoms with Crippen LogP contribution in [0.4, 0.5) is 27.9 Å². The van der Waals surface area contributed by atoms with Crippen LogP contribution in [0, 0.1) is 0 Å². The molecule has 0 saturated carbocycles. The van der Waals surface area contributed by atoms with Crippen molar-refractivity contribution in [2.24, 2.45) is 0 Å². The van der Waals surface area contributed by atoms with Gasteiger partial charge in [0.1, 0.15) is 27.4 Å². The van der Waals surface area contributed by atoms with Crippen LogP contribution in [-0.2, 0) is 11.3 Å². The molecule has 3 heterocycles. The molecule has 2 aliphatic rings. The SMILES string of the molecule is COc1cc(OC)c(Cl)c(N2Cc3cnc(Nc4ccccc4)nc3N([C@H]3CCN(C(=O)/C=C/CN(C)C)C3)C2=O)c1Cl. The molecule has 43 heavy (non-hydrogen) atoms. The monoisotopic (exact) mass is 625 g/mol. The van der Waals surface area contributed by atoms with Gasteiger partial charge < -0.3 is 24.6 Å². The van der Waals surface area contributed by atoms with Crippen molar-refractivity contribution in [3.05, 3.63) is 70.4 Å². The average molecular weight is 627 g/mol. The van der Waals surface area contributed by atoms with E-state index in [9.17, 15) is 9.59 Å². The fraction of sp³-hybridized carbons (Fsp3) is 0.333. The number of likely N-dealkylation sites (N-methyl/N-ethyl adjacent to an activating group) is 1. The first-order valence-electron chi connectivity index (χ1n) is 13.7. The van der Waals surface area contributed by atoms with E-state index in [1.54, 1.807) is 28.1 Å². The number of nitrogens with zero attached hydrogens (tertiary/aromatic N) is 6. The topological polar surface area (TPSA) is 103 Å². The third-order valence-electron chi connectivity index (χ3n) is 7.26. The summed E-state index contributed by atoms with van der Waals surface area (Å²) in [5.41, 5.74) is 1.74. The molecule has 0 bridgehead atoms. The van der Waals surface area contributed by atoms with E-state index in [1.165, 1.54) is 19.1 Å². The quantitative estimate of drug-likeness (QED) is 0.323. The lowest BCUT2D eigenvalue weighted by molar-refractivity contribution is -0.125. The molecule has 3 aromatic rings. The van der Waals surface area contributed by atoms with Gasteiger partial charge in [0, 0.05) is 49.2 Å². The van der Waals surface area contributed by atoms with Gasteiger partial charge in [0.05, 0.1) is 32.5 Å². The van der Waals surface area contributed by atoms with Crippen molar-refractivity contribution >= 4 is 58.3 Å². The number of urea groups is 1. The van der Waals surface area contributed by atoms with Gasteiger partial charge in [-0.3, -0.25) is 14.6 Å². The van der Waals surface area contributed by atoms with Crippen LogP contribution in [0.5, 0.6) is 11.5 Å². The molecule has 0 radical (unpaired) electrons. The molecule has 5 rings (SSSR count). The van der Waals surface area contributed by atoms with Gasteiger partial charge in [0.25, 0.3) is 0 Å². The first-order chi connectivity index (χ1) is 20.7.